The Morgan fingerprint density at radius 1 is 1.89 bits per heavy atom. The van der Waals surface area contributed by atoms with E-state index in [2.05, 4.69) is 12.2 Å². The van der Waals surface area contributed by atoms with E-state index in [1.807, 2.05) is 0 Å². The quantitative estimate of drug-likeness (QED) is 0.436. The largest absolute Gasteiger partial charge is 0.294 e. The number of nitrogens with one attached hydrogen (secondary N) is 1. The lowest BCUT2D eigenvalue weighted by Gasteiger charge is -1.88. The Bertz CT molecular complexity index is 157. The predicted octanol–water partition coefficient (Wildman–Crippen LogP) is 0.0393. The second kappa shape index (κ2) is 2.66. The first kappa shape index (κ1) is 7.02. The molecule has 1 fully saturated rings. The zero-order valence-corrected chi connectivity index (χ0v) is 6.77. The molecule has 1 aliphatic heterocycles. The molecule has 4 heteroatoms. The van der Waals surface area contributed by atoms with Crippen LogP contribution >= 0.6 is 12.2 Å². The van der Waals surface area contributed by atoms with Gasteiger partial charge in [0.25, 0.3) is 10.2 Å². The molecule has 1 N–H and O–H groups in total. The van der Waals surface area contributed by atoms with Crippen LogP contribution in [0.25, 0.3) is 0 Å². The SMILES string of the molecule is CC[S+]1CC(=O)NC1=S. The summed E-state index contributed by atoms with van der Waals surface area (Å²) in [6.07, 6.45) is 0. The highest BCUT2D eigenvalue weighted by molar-refractivity contribution is 8.21. The molecule has 1 saturated heterocycles. The summed E-state index contributed by atoms with van der Waals surface area (Å²) in [5.74, 6) is 1.71. The molecule has 1 unspecified atom stereocenters. The maximum atomic E-state index is 10.6. The van der Waals surface area contributed by atoms with E-state index >= 15 is 0 Å². The number of hydrogen-bond donors (Lipinski definition) is 1. The van der Waals surface area contributed by atoms with Gasteiger partial charge in [0.1, 0.15) is 5.75 Å². The molecular formula is C5H8NOS2+. The molecule has 50 valence electrons. The van der Waals surface area contributed by atoms with Gasteiger partial charge in [-0.15, -0.1) is 0 Å². The Labute approximate surface area is 62.4 Å². The summed E-state index contributed by atoms with van der Waals surface area (Å²) < 4.78 is 0.752. The van der Waals surface area contributed by atoms with E-state index in [0.717, 1.165) is 10.1 Å². The van der Waals surface area contributed by atoms with Crippen LogP contribution < -0.4 is 5.32 Å². The number of thiocarbonyl (C=S) groups is 1. The maximum absolute atomic E-state index is 10.6. The lowest BCUT2D eigenvalue weighted by molar-refractivity contribution is -0.116. The van der Waals surface area contributed by atoms with Crippen LogP contribution in [-0.4, -0.2) is 21.7 Å². The molecule has 2 nitrogen and oxygen atoms in total. The summed E-state index contributed by atoms with van der Waals surface area (Å²) in [4.78, 5) is 10.6. The fourth-order valence-corrected chi connectivity index (χ4v) is 2.57. The van der Waals surface area contributed by atoms with Gasteiger partial charge in [-0.2, -0.15) is 0 Å². The monoisotopic (exact) mass is 162 g/mol. The third kappa shape index (κ3) is 1.43. The average Bonchev–Trinajstić information content (AvgIpc) is 2.10. The van der Waals surface area contributed by atoms with Crippen molar-refractivity contribution < 1.29 is 4.79 Å². The first-order valence-corrected chi connectivity index (χ1v) is 4.72. The van der Waals surface area contributed by atoms with E-state index in [4.69, 9.17) is 12.2 Å². The zero-order chi connectivity index (χ0) is 6.85. The van der Waals surface area contributed by atoms with E-state index in [0.29, 0.717) is 5.75 Å². The van der Waals surface area contributed by atoms with Crippen molar-refractivity contribution in [2.75, 3.05) is 11.5 Å². The lowest BCUT2D eigenvalue weighted by Crippen LogP contribution is -2.20. The first-order valence-electron chi connectivity index (χ1n) is 2.75. The van der Waals surface area contributed by atoms with Crippen LogP contribution in [0.15, 0.2) is 0 Å². The molecule has 1 amide bonds. The normalized spacial score (nSPS) is 26.6. The standard InChI is InChI=1S/C5H7NOS2/c1-2-9-3-4(7)6-5(9)8/h2-3H2,1H3/p+1. The smallest absolute Gasteiger partial charge is 0.272 e. The first-order chi connectivity index (χ1) is 4.24. The molecule has 9 heavy (non-hydrogen) atoms. The Balaban J connectivity index is 2.58. The fraction of sp³-hybridized carbons (Fsp3) is 0.600. The van der Waals surface area contributed by atoms with Gasteiger partial charge >= 0.3 is 0 Å². The Morgan fingerprint density at radius 2 is 2.56 bits per heavy atom. The maximum Gasteiger partial charge on any atom is 0.294 e. The Kier molecular flexibility index (Phi) is 2.08. The highest BCUT2D eigenvalue weighted by Gasteiger charge is 2.35. The summed E-state index contributed by atoms with van der Waals surface area (Å²) in [5, 5.41) is 2.62. The molecule has 0 spiro atoms. The van der Waals surface area contributed by atoms with Crippen LogP contribution in [0.1, 0.15) is 6.92 Å². The van der Waals surface area contributed by atoms with Crippen molar-refractivity contribution in [3.63, 3.8) is 0 Å². The van der Waals surface area contributed by atoms with E-state index in [1.165, 1.54) is 0 Å². The van der Waals surface area contributed by atoms with E-state index < -0.39 is 0 Å². The minimum Gasteiger partial charge on any atom is -0.272 e. The third-order valence-electron chi connectivity index (χ3n) is 1.16. The molecule has 1 heterocycles. The molecule has 0 radical (unpaired) electrons. The number of amides is 1. The molecule has 0 aromatic carbocycles. The van der Waals surface area contributed by atoms with Gasteiger partial charge in [-0.25, -0.2) is 0 Å². The van der Waals surface area contributed by atoms with Crippen molar-refractivity contribution in [2.24, 2.45) is 0 Å². The van der Waals surface area contributed by atoms with Crippen molar-refractivity contribution in [3.05, 3.63) is 0 Å². The van der Waals surface area contributed by atoms with E-state index in [-0.39, 0.29) is 16.8 Å². The minimum absolute atomic E-state index is 0.0617. The van der Waals surface area contributed by atoms with Gasteiger partial charge in [0, 0.05) is 0 Å². The fourth-order valence-electron chi connectivity index (χ4n) is 0.679. The summed E-state index contributed by atoms with van der Waals surface area (Å²) in [6.45, 7) is 2.05. The molecule has 0 aliphatic carbocycles. The van der Waals surface area contributed by atoms with Crippen molar-refractivity contribution in [1.29, 1.82) is 0 Å². The Morgan fingerprint density at radius 3 is 2.78 bits per heavy atom. The van der Waals surface area contributed by atoms with Gasteiger partial charge in [0.15, 0.2) is 5.75 Å². The van der Waals surface area contributed by atoms with Crippen molar-refractivity contribution >= 4 is 33.3 Å². The van der Waals surface area contributed by atoms with Gasteiger partial charge in [-0.05, 0) is 19.1 Å². The summed E-state index contributed by atoms with van der Waals surface area (Å²) in [6, 6.07) is 0. The summed E-state index contributed by atoms with van der Waals surface area (Å²) >= 11 is 4.90. The number of carbonyl (C=O) groups is 1. The predicted molar refractivity (Wildman–Crippen MR) is 43.5 cm³/mol. The van der Waals surface area contributed by atoms with Crippen LogP contribution in [0.2, 0.25) is 0 Å². The third-order valence-corrected chi connectivity index (χ3v) is 3.90. The molecule has 1 rings (SSSR count). The van der Waals surface area contributed by atoms with Crippen molar-refractivity contribution in [2.45, 2.75) is 6.92 Å². The number of rotatable bonds is 1. The van der Waals surface area contributed by atoms with Crippen molar-refractivity contribution in [3.8, 4) is 0 Å². The van der Waals surface area contributed by atoms with Crippen LogP contribution in [0.5, 0.6) is 0 Å². The van der Waals surface area contributed by atoms with Gasteiger partial charge < -0.3 is 0 Å². The molecule has 0 saturated carbocycles. The van der Waals surface area contributed by atoms with Gasteiger partial charge in [-0.3, -0.25) is 10.1 Å². The van der Waals surface area contributed by atoms with E-state index in [9.17, 15) is 4.79 Å². The van der Waals surface area contributed by atoms with Crippen LogP contribution in [-0.2, 0) is 15.7 Å². The Hall–Kier alpha value is -0.0900. The highest BCUT2D eigenvalue weighted by atomic mass is 32.2. The molecule has 0 aromatic heterocycles. The zero-order valence-electron chi connectivity index (χ0n) is 5.14. The molecular weight excluding hydrogens is 154 g/mol. The van der Waals surface area contributed by atoms with Crippen LogP contribution in [0, 0.1) is 0 Å². The summed E-state index contributed by atoms with van der Waals surface area (Å²) in [7, 11) is 0.0617. The second-order valence-corrected chi connectivity index (χ2v) is 4.69. The summed E-state index contributed by atoms with van der Waals surface area (Å²) in [5.41, 5.74) is 0. The van der Waals surface area contributed by atoms with Crippen LogP contribution in [0.3, 0.4) is 0 Å². The topological polar surface area (TPSA) is 29.1 Å². The number of hydrogen-bond acceptors (Lipinski definition) is 2. The van der Waals surface area contributed by atoms with E-state index in [1.54, 1.807) is 0 Å². The molecule has 0 aromatic rings. The molecule has 1 atom stereocenters. The second-order valence-electron chi connectivity index (χ2n) is 1.76. The average molecular weight is 162 g/mol. The van der Waals surface area contributed by atoms with Crippen LogP contribution in [0.4, 0.5) is 0 Å². The number of carbonyl (C=O) groups excluding carboxylic acids is 1. The van der Waals surface area contributed by atoms with Gasteiger partial charge in [-0.1, -0.05) is 0 Å². The van der Waals surface area contributed by atoms with Gasteiger partial charge in [0.2, 0.25) is 0 Å². The molecule has 1 aliphatic rings. The minimum atomic E-state index is 0.0617. The molecule has 0 bridgehead atoms. The lowest BCUT2D eigenvalue weighted by atomic mass is 10.7. The van der Waals surface area contributed by atoms with Crippen molar-refractivity contribution in [1.82, 2.24) is 5.32 Å². The van der Waals surface area contributed by atoms with Gasteiger partial charge in [0.05, 0.1) is 10.9 Å². The highest BCUT2D eigenvalue weighted by Crippen LogP contribution is 2.04.